The van der Waals surface area contributed by atoms with Crippen LogP contribution >= 0.6 is 0 Å². The van der Waals surface area contributed by atoms with Gasteiger partial charge in [0.25, 0.3) is 0 Å². The zero-order valence-corrected chi connectivity index (χ0v) is 16.2. The molecule has 146 valence electrons. The zero-order valence-electron chi connectivity index (χ0n) is 16.2. The lowest BCUT2D eigenvalue weighted by molar-refractivity contribution is -0.139. The van der Waals surface area contributed by atoms with Crippen molar-refractivity contribution in [2.24, 2.45) is 0 Å². The molecule has 0 spiro atoms. The summed E-state index contributed by atoms with van der Waals surface area (Å²) < 4.78 is 15.5. The molecule has 0 bridgehead atoms. The molecule has 0 amide bonds. The second-order valence-corrected chi connectivity index (χ2v) is 6.01. The van der Waals surface area contributed by atoms with Crippen molar-refractivity contribution in [2.75, 3.05) is 20.3 Å². The summed E-state index contributed by atoms with van der Waals surface area (Å²) in [6.45, 7) is 7.32. The van der Waals surface area contributed by atoms with E-state index in [1.807, 2.05) is 0 Å². The fourth-order valence-electron chi connectivity index (χ4n) is 3.17. The third kappa shape index (κ3) is 4.07. The van der Waals surface area contributed by atoms with Gasteiger partial charge in [0.1, 0.15) is 0 Å². The molecule has 7 heteroatoms. The molecule has 2 N–H and O–H groups in total. The molecular weight excluding hydrogens is 350 g/mol. The van der Waals surface area contributed by atoms with E-state index in [2.05, 4.69) is 5.32 Å². The number of nitrogens with one attached hydrogen (secondary N) is 1. The van der Waals surface area contributed by atoms with E-state index in [9.17, 15) is 14.7 Å². The van der Waals surface area contributed by atoms with E-state index in [1.165, 1.54) is 13.2 Å². The number of phenolic OH excluding ortho intramolecular Hbond substituents is 1. The first-order valence-electron chi connectivity index (χ1n) is 8.75. The first-order chi connectivity index (χ1) is 12.8. The molecule has 0 atom stereocenters. The van der Waals surface area contributed by atoms with Crippen LogP contribution in [0.5, 0.6) is 11.5 Å². The Morgan fingerprint density at radius 3 is 1.96 bits per heavy atom. The number of hydrogen-bond acceptors (Lipinski definition) is 7. The van der Waals surface area contributed by atoms with Gasteiger partial charge in [-0.1, -0.05) is 6.07 Å². The number of phenols is 1. The number of dihydropyridines is 1. The highest BCUT2D eigenvalue weighted by Crippen LogP contribution is 2.41. The number of esters is 2. The number of aromatic hydroxyl groups is 1. The minimum Gasteiger partial charge on any atom is -0.504 e. The second-order valence-electron chi connectivity index (χ2n) is 6.01. The maximum absolute atomic E-state index is 12.7. The van der Waals surface area contributed by atoms with Crippen molar-refractivity contribution in [3.05, 3.63) is 46.3 Å². The number of allylic oxidation sites excluding steroid dienone is 2. The molecule has 1 aromatic rings. The van der Waals surface area contributed by atoms with Crippen molar-refractivity contribution >= 4 is 11.9 Å². The fourth-order valence-corrected chi connectivity index (χ4v) is 3.17. The van der Waals surface area contributed by atoms with Crippen LogP contribution in [0, 0.1) is 0 Å². The average Bonchev–Trinajstić information content (AvgIpc) is 2.61. The molecule has 2 rings (SSSR count). The minimum absolute atomic E-state index is 0.0877. The molecule has 0 radical (unpaired) electrons. The average molecular weight is 375 g/mol. The predicted octanol–water partition coefficient (Wildman–Crippen LogP) is 2.76. The van der Waals surface area contributed by atoms with E-state index in [1.54, 1.807) is 39.8 Å². The van der Waals surface area contributed by atoms with Gasteiger partial charge in [-0.3, -0.25) is 0 Å². The summed E-state index contributed by atoms with van der Waals surface area (Å²) in [5.41, 5.74) is 2.32. The highest BCUT2D eigenvalue weighted by atomic mass is 16.5. The molecular formula is C20H25NO6. The number of carbonyl (C=O) groups is 2. The number of hydrogen-bond donors (Lipinski definition) is 2. The van der Waals surface area contributed by atoms with E-state index in [4.69, 9.17) is 14.2 Å². The summed E-state index contributed by atoms with van der Waals surface area (Å²) in [5.74, 6) is -1.59. The molecule has 0 aromatic heterocycles. The Bertz CT molecular complexity index is 769. The molecule has 1 aliphatic rings. The summed E-state index contributed by atoms with van der Waals surface area (Å²) >= 11 is 0. The number of ether oxygens (including phenoxy) is 3. The first kappa shape index (κ1) is 20.4. The number of carbonyl (C=O) groups excluding carboxylic acids is 2. The highest BCUT2D eigenvalue weighted by molar-refractivity contribution is 5.99. The topological polar surface area (TPSA) is 94.1 Å². The van der Waals surface area contributed by atoms with Crippen LogP contribution in [0.1, 0.15) is 39.2 Å². The lowest BCUT2D eigenvalue weighted by atomic mass is 9.80. The third-order valence-corrected chi connectivity index (χ3v) is 4.29. The van der Waals surface area contributed by atoms with Gasteiger partial charge in [-0.15, -0.1) is 0 Å². The lowest BCUT2D eigenvalue weighted by Gasteiger charge is -2.30. The monoisotopic (exact) mass is 375 g/mol. The fraction of sp³-hybridized carbons (Fsp3) is 0.400. The molecule has 0 fully saturated rings. The molecule has 27 heavy (non-hydrogen) atoms. The van der Waals surface area contributed by atoms with E-state index < -0.39 is 17.9 Å². The summed E-state index contributed by atoms with van der Waals surface area (Å²) in [6, 6.07) is 4.77. The largest absolute Gasteiger partial charge is 0.504 e. The Balaban J connectivity index is 2.66. The zero-order chi connectivity index (χ0) is 20.1. The third-order valence-electron chi connectivity index (χ3n) is 4.29. The quantitative estimate of drug-likeness (QED) is 0.738. The maximum Gasteiger partial charge on any atom is 0.336 e. The van der Waals surface area contributed by atoms with Gasteiger partial charge in [0.05, 0.1) is 37.4 Å². The number of methoxy groups -OCH3 is 1. The van der Waals surface area contributed by atoms with Gasteiger partial charge in [-0.05, 0) is 45.4 Å². The summed E-state index contributed by atoms with van der Waals surface area (Å²) in [4.78, 5) is 25.3. The van der Waals surface area contributed by atoms with Crippen LogP contribution in [0.15, 0.2) is 40.7 Å². The van der Waals surface area contributed by atoms with Crippen molar-refractivity contribution in [3.8, 4) is 11.5 Å². The Morgan fingerprint density at radius 2 is 1.56 bits per heavy atom. The second kappa shape index (κ2) is 8.62. The predicted molar refractivity (Wildman–Crippen MR) is 99.2 cm³/mol. The molecule has 0 saturated carbocycles. The highest BCUT2D eigenvalue weighted by Gasteiger charge is 2.38. The SMILES string of the molecule is CCOC(=O)C1=C(C)NC(C)=C(C(=O)OCC)C1c1ccc(OC)c(O)c1. The van der Waals surface area contributed by atoms with E-state index in [-0.39, 0.29) is 19.0 Å². The maximum atomic E-state index is 12.7. The van der Waals surface area contributed by atoms with Crippen LogP contribution in [0.3, 0.4) is 0 Å². The normalized spacial score (nSPS) is 14.7. The van der Waals surface area contributed by atoms with Crippen LogP contribution in [-0.2, 0) is 19.1 Å². The molecule has 1 heterocycles. The smallest absolute Gasteiger partial charge is 0.336 e. The van der Waals surface area contributed by atoms with Crippen LogP contribution in [0.25, 0.3) is 0 Å². The molecule has 0 saturated heterocycles. The number of benzene rings is 1. The Morgan fingerprint density at radius 1 is 1.04 bits per heavy atom. The van der Waals surface area contributed by atoms with Gasteiger partial charge in [0, 0.05) is 11.4 Å². The van der Waals surface area contributed by atoms with Crippen LogP contribution in [0.2, 0.25) is 0 Å². The van der Waals surface area contributed by atoms with Crippen LogP contribution < -0.4 is 10.1 Å². The van der Waals surface area contributed by atoms with Gasteiger partial charge >= 0.3 is 11.9 Å². The van der Waals surface area contributed by atoms with Crippen molar-refractivity contribution in [1.29, 1.82) is 0 Å². The molecule has 7 nitrogen and oxygen atoms in total. The molecule has 0 unspecified atom stereocenters. The van der Waals surface area contributed by atoms with E-state index in [0.717, 1.165) is 0 Å². The van der Waals surface area contributed by atoms with Gasteiger partial charge < -0.3 is 24.6 Å². The summed E-state index contributed by atoms with van der Waals surface area (Å²) in [5, 5.41) is 13.3. The van der Waals surface area contributed by atoms with Gasteiger partial charge in [-0.25, -0.2) is 9.59 Å². The van der Waals surface area contributed by atoms with Gasteiger partial charge in [0.15, 0.2) is 11.5 Å². The van der Waals surface area contributed by atoms with Gasteiger partial charge in [0.2, 0.25) is 0 Å². The Hall–Kier alpha value is -2.96. The van der Waals surface area contributed by atoms with E-state index >= 15 is 0 Å². The van der Waals surface area contributed by atoms with Gasteiger partial charge in [-0.2, -0.15) is 0 Å². The van der Waals surface area contributed by atoms with Crippen molar-refractivity contribution in [1.82, 2.24) is 5.32 Å². The van der Waals surface area contributed by atoms with Crippen molar-refractivity contribution in [3.63, 3.8) is 0 Å². The molecule has 1 aliphatic heterocycles. The van der Waals surface area contributed by atoms with Crippen molar-refractivity contribution in [2.45, 2.75) is 33.6 Å². The molecule has 1 aromatic carbocycles. The number of rotatable bonds is 6. The standard InChI is InChI=1S/C20H25NO6/c1-6-26-19(23)16-11(3)21-12(4)17(20(24)27-7-2)18(16)13-8-9-15(25-5)14(22)10-13/h8-10,18,21-22H,6-7H2,1-5H3. The molecule has 0 aliphatic carbocycles. The Labute approximate surface area is 158 Å². The minimum atomic E-state index is -0.735. The summed E-state index contributed by atoms with van der Waals surface area (Å²) in [7, 11) is 1.45. The lowest BCUT2D eigenvalue weighted by Crippen LogP contribution is -2.32. The first-order valence-corrected chi connectivity index (χ1v) is 8.75. The summed E-state index contributed by atoms with van der Waals surface area (Å²) in [6.07, 6.45) is 0. The van der Waals surface area contributed by atoms with Crippen LogP contribution in [-0.4, -0.2) is 37.4 Å². The van der Waals surface area contributed by atoms with E-state index in [0.29, 0.717) is 33.9 Å². The van der Waals surface area contributed by atoms with Crippen LogP contribution in [0.4, 0.5) is 0 Å². The Kier molecular flexibility index (Phi) is 6.50. The van der Waals surface area contributed by atoms with Crippen molar-refractivity contribution < 1.29 is 28.9 Å².